The lowest BCUT2D eigenvalue weighted by molar-refractivity contribution is -0.454. The van der Waals surface area contributed by atoms with Gasteiger partial charge in [0, 0.05) is 25.2 Å². The summed E-state index contributed by atoms with van der Waals surface area (Å²) in [7, 11) is 3.24. The van der Waals surface area contributed by atoms with E-state index in [9.17, 15) is 0 Å². The summed E-state index contributed by atoms with van der Waals surface area (Å²) < 4.78 is 37.2. The highest BCUT2D eigenvalue weighted by atomic mass is 32.2. The third-order valence-corrected chi connectivity index (χ3v) is 8.11. The molecular weight excluding hydrogens is 452 g/mol. The number of thioether (sulfide) groups is 1. The molecule has 2 saturated heterocycles. The largest absolute Gasteiger partial charge is 0.376 e. The van der Waals surface area contributed by atoms with Crippen molar-refractivity contribution in [1.29, 1.82) is 0 Å². The van der Waals surface area contributed by atoms with Gasteiger partial charge in [-0.25, -0.2) is 0 Å². The summed E-state index contributed by atoms with van der Waals surface area (Å²) in [6, 6.07) is 20.4. The molecule has 0 bridgehead atoms. The van der Waals surface area contributed by atoms with Crippen LogP contribution in [0.2, 0.25) is 0 Å². The number of fused-ring (bicyclic) bond motifs is 1. The van der Waals surface area contributed by atoms with Gasteiger partial charge in [-0.15, -0.1) is 0 Å². The van der Waals surface area contributed by atoms with E-state index in [1.807, 2.05) is 62.0 Å². The minimum atomic E-state index is -1.06. The van der Waals surface area contributed by atoms with E-state index in [4.69, 9.17) is 28.4 Å². The molecule has 7 heteroatoms. The standard InChI is InChI=1S/C27H36O6S/c1-26(28-3)27(2,29-4)33-25-23(32-26)15-22(18-30-16-20-11-7-5-8-12-20)34-19-24(25)31-17-21-13-9-6-10-14-21/h5-14,22-25H,15-19H2,1-4H3/t22-,23+,24+,25-,26-,27-/m0/s1. The van der Waals surface area contributed by atoms with Crippen molar-refractivity contribution < 1.29 is 28.4 Å². The maximum absolute atomic E-state index is 6.59. The first-order valence-electron chi connectivity index (χ1n) is 11.8. The zero-order valence-electron chi connectivity index (χ0n) is 20.5. The van der Waals surface area contributed by atoms with Gasteiger partial charge in [-0.05, 0) is 31.4 Å². The smallest absolute Gasteiger partial charge is 0.220 e. The molecule has 186 valence electrons. The fourth-order valence-electron chi connectivity index (χ4n) is 4.44. The van der Waals surface area contributed by atoms with Gasteiger partial charge < -0.3 is 28.4 Å². The fourth-order valence-corrected chi connectivity index (χ4v) is 5.71. The van der Waals surface area contributed by atoms with Crippen molar-refractivity contribution in [3.8, 4) is 0 Å². The topological polar surface area (TPSA) is 55.4 Å². The summed E-state index contributed by atoms with van der Waals surface area (Å²) in [5, 5.41) is 0.248. The summed E-state index contributed by atoms with van der Waals surface area (Å²) in [6.07, 6.45) is 0.108. The van der Waals surface area contributed by atoms with Crippen LogP contribution in [0.15, 0.2) is 60.7 Å². The van der Waals surface area contributed by atoms with Crippen molar-refractivity contribution in [2.24, 2.45) is 0 Å². The molecule has 6 atom stereocenters. The molecule has 0 amide bonds. The molecule has 0 aliphatic carbocycles. The predicted octanol–water partition coefficient (Wildman–Crippen LogP) is 4.80. The summed E-state index contributed by atoms with van der Waals surface area (Å²) in [6.45, 7) is 5.46. The van der Waals surface area contributed by atoms with Crippen LogP contribution in [0.4, 0.5) is 0 Å². The Kier molecular flexibility index (Phi) is 8.69. The Morgan fingerprint density at radius 1 is 0.853 bits per heavy atom. The lowest BCUT2D eigenvalue weighted by Gasteiger charge is -2.53. The molecule has 0 spiro atoms. The molecule has 34 heavy (non-hydrogen) atoms. The third-order valence-electron chi connectivity index (χ3n) is 6.79. The second-order valence-corrected chi connectivity index (χ2v) is 10.4. The van der Waals surface area contributed by atoms with Crippen LogP contribution in [-0.2, 0) is 41.6 Å². The van der Waals surface area contributed by atoms with E-state index < -0.39 is 11.6 Å². The quantitative estimate of drug-likeness (QED) is 0.502. The Balaban J connectivity index is 1.47. The third kappa shape index (κ3) is 5.85. The number of ether oxygens (including phenoxy) is 6. The van der Waals surface area contributed by atoms with Gasteiger partial charge in [-0.3, -0.25) is 0 Å². The Labute approximate surface area is 207 Å². The normalized spacial score (nSPS) is 33.8. The first kappa shape index (κ1) is 25.6. The second-order valence-electron chi connectivity index (χ2n) is 9.07. The first-order valence-corrected chi connectivity index (χ1v) is 12.9. The molecule has 2 heterocycles. The predicted molar refractivity (Wildman–Crippen MR) is 133 cm³/mol. The van der Waals surface area contributed by atoms with Crippen LogP contribution in [0.25, 0.3) is 0 Å². The molecular formula is C27H36O6S. The van der Waals surface area contributed by atoms with Gasteiger partial charge in [0.2, 0.25) is 11.6 Å². The Morgan fingerprint density at radius 2 is 1.44 bits per heavy atom. The monoisotopic (exact) mass is 488 g/mol. The van der Waals surface area contributed by atoms with Crippen molar-refractivity contribution >= 4 is 11.8 Å². The average molecular weight is 489 g/mol. The van der Waals surface area contributed by atoms with Crippen LogP contribution >= 0.6 is 11.8 Å². The highest BCUT2D eigenvalue weighted by molar-refractivity contribution is 8.00. The molecule has 0 radical (unpaired) electrons. The van der Waals surface area contributed by atoms with Crippen molar-refractivity contribution in [1.82, 2.24) is 0 Å². The van der Waals surface area contributed by atoms with Crippen LogP contribution in [0.3, 0.4) is 0 Å². The van der Waals surface area contributed by atoms with Gasteiger partial charge in [0.1, 0.15) is 6.10 Å². The van der Waals surface area contributed by atoms with Crippen LogP contribution in [0, 0.1) is 0 Å². The van der Waals surface area contributed by atoms with Crippen molar-refractivity contribution in [3.63, 3.8) is 0 Å². The summed E-state index contributed by atoms with van der Waals surface area (Å²) >= 11 is 1.85. The Hall–Kier alpha value is -1.45. The summed E-state index contributed by atoms with van der Waals surface area (Å²) in [5.41, 5.74) is 2.30. The van der Waals surface area contributed by atoms with Crippen LogP contribution in [0.5, 0.6) is 0 Å². The molecule has 0 aromatic heterocycles. The maximum Gasteiger partial charge on any atom is 0.220 e. The van der Waals surface area contributed by atoms with E-state index in [0.29, 0.717) is 19.8 Å². The first-order chi connectivity index (χ1) is 16.5. The van der Waals surface area contributed by atoms with Crippen LogP contribution < -0.4 is 0 Å². The molecule has 0 N–H and O–H groups in total. The second kappa shape index (κ2) is 11.5. The zero-order valence-corrected chi connectivity index (χ0v) is 21.3. The maximum atomic E-state index is 6.59. The van der Waals surface area contributed by atoms with Gasteiger partial charge in [-0.2, -0.15) is 11.8 Å². The lowest BCUT2D eigenvalue weighted by atomic mass is 9.97. The Bertz CT molecular complexity index is 883. The molecule has 2 aliphatic rings. The number of hydrogen-bond acceptors (Lipinski definition) is 7. The molecule has 6 nitrogen and oxygen atoms in total. The highest BCUT2D eigenvalue weighted by Gasteiger charge is 2.58. The fraction of sp³-hybridized carbons (Fsp3) is 0.556. The molecule has 4 rings (SSSR count). The van der Waals surface area contributed by atoms with Gasteiger partial charge in [0.25, 0.3) is 0 Å². The van der Waals surface area contributed by atoms with Crippen LogP contribution in [0.1, 0.15) is 31.4 Å². The van der Waals surface area contributed by atoms with E-state index in [-0.39, 0.29) is 23.6 Å². The highest BCUT2D eigenvalue weighted by Crippen LogP contribution is 2.44. The molecule has 2 aromatic carbocycles. The van der Waals surface area contributed by atoms with Gasteiger partial charge in [-0.1, -0.05) is 60.7 Å². The Morgan fingerprint density at radius 3 is 2.06 bits per heavy atom. The van der Waals surface area contributed by atoms with Crippen molar-refractivity contribution in [2.45, 2.75) is 68.6 Å². The number of rotatable bonds is 9. The van der Waals surface area contributed by atoms with Crippen molar-refractivity contribution in [3.05, 3.63) is 71.8 Å². The summed E-state index contributed by atoms with van der Waals surface area (Å²) in [5.74, 6) is -1.33. The van der Waals surface area contributed by atoms with E-state index in [1.165, 1.54) is 5.56 Å². The van der Waals surface area contributed by atoms with E-state index in [2.05, 4.69) is 24.3 Å². The van der Waals surface area contributed by atoms with E-state index in [0.717, 1.165) is 17.7 Å². The van der Waals surface area contributed by atoms with Crippen LogP contribution in [-0.4, -0.2) is 61.7 Å². The molecule has 2 fully saturated rings. The molecule has 2 aliphatic heterocycles. The van der Waals surface area contributed by atoms with E-state index in [1.54, 1.807) is 14.2 Å². The number of benzene rings is 2. The summed E-state index contributed by atoms with van der Waals surface area (Å²) in [4.78, 5) is 0. The molecule has 2 aromatic rings. The van der Waals surface area contributed by atoms with E-state index >= 15 is 0 Å². The van der Waals surface area contributed by atoms with Crippen molar-refractivity contribution in [2.75, 3.05) is 26.6 Å². The lowest BCUT2D eigenvalue weighted by Crippen LogP contribution is -2.67. The van der Waals surface area contributed by atoms with Gasteiger partial charge in [0.15, 0.2) is 0 Å². The molecule has 0 unspecified atom stereocenters. The molecule has 0 saturated carbocycles. The minimum absolute atomic E-state index is 0.162. The minimum Gasteiger partial charge on any atom is -0.376 e. The number of hydrogen-bond donors (Lipinski definition) is 0. The average Bonchev–Trinajstić information content (AvgIpc) is 3.02. The number of methoxy groups -OCH3 is 2. The van der Waals surface area contributed by atoms with Gasteiger partial charge in [0.05, 0.1) is 32.0 Å². The SMILES string of the molecule is CO[C@@]1(C)O[C@@H]2[C@H](OCc3ccccc3)CS[C@H](COCc3ccccc3)C[C@H]2O[C@]1(C)OC. The zero-order chi connectivity index (χ0) is 24.0. The van der Waals surface area contributed by atoms with Gasteiger partial charge >= 0.3 is 0 Å².